The summed E-state index contributed by atoms with van der Waals surface area (Å²) in [4.78, 5) is 1.46. The molecule has 1 aromatic carbocycles. The van der Waals surface area contributed by atoms with Crippen LogP contribution in [0.2, 0.25) is 0 Å². The summed E-state index contributed by atoms with van der Waals surface area (Å²) in [5.74, 6) is 0. The van der Waals surface area contributed by atoms with Gasteiger partial charge in [-0.2, -0.15) is 0 Å². The number of nitrogens with two attached hydrogens (primary N) is 1. The third-order valence-corrected chi connectivity index (χ3v) is 4.28. The van der Waals surface area contributed by atoms with Crippen LogP contribution in [0.1, 0.15) is 31.7 Å². The molecule has 0 amide bonds. The molecule has 0 fully saturated rings. The molecule has 0 saturated carbocycles. The number of hydrogen-bond donors (Lipinski definition) is 1. The molecule has 0 aliphatic carbocycles. The van der Waals surface area contributed by atoms with Gasteiger partial charge in [0.1, 0.15) is 0 Å². The molecular formula is C13H19NS. The van der Waals surface area contributed by atoms with E-state index in [0.29, 0.717) is 11.3 Å². The summed E-state index contributed by atoms with van der Waals surface area (Å²) in [5, 5.41) is 0.712. The highest BCUT2D eigenvalue weighted by Crippen LogP contribution is 2.38. The second-order valence-electron chi connectivity index (χ2n) is 4.34. The fourth-order valence-corrected chi connectivity index (χ4v) is 3.64. The first-order valence-corrected chi connectivity index (χ1v) is 6.67. The Morgan fingerprint density at radius 2 is 2.27 bits per heavy atom. The van der Waals surface area contributed by atoms with E-state index in [9.17, 15) is 0 Å². The van der Waals surface area contributed by atoms with Crippen molar-refractivity contribution in [2.24, 2.45) is 5.73 Å². The van der Waals surface area contributed by atoms with Crippen molar-refractivity contribution in [1.29, 1.82) is 0 Å². The maximum atomic E-state index is 6.09. The fraction of sp³-hybridized carbons (Fsp3) is 0.538. The average Bonchev–Trinajstić information content (AvgIpc) is 2.59. The maximum absolute atomic E-state index is 6.09. The van der Waals surface area contributed by atoms with Crippen LogP contribution in [0.5, 0.6) is 0 Å². The van der Waals surface area contributed by atoms with Crippen molar-refractivity contribution in [1.82, 2.24) is 0 Å². The molecule has 0 spiro atoms. The fourth-order valence-electron chi connectivity index (χ4n) is 2.21. The van der Waals surface area contributed by atoms with Crippen LogP contribution in [0.4, 0.5) is 0 Å². The van der Waals surface area contributed by atoms with Gasteiger partial charge in [0.25, 0.3) is 0 Å². The average molecular weight is 221 g/mol. The lowest BCUT2D eigenvalue weighted by Crippen LogP contribution is -2.24. The molecule has 0 bridgehead atoms. The SMILES string of the molecule is CCCC(N)CC1Cc2ccccc2S1. The minimum Gasteiger partial charge on any atom is -0.328 e. The van der Waals surface area contributed by atoms with Gasteiger partial charge in [0.15, 0.2) is 0 Å². The Morgan fingerprint density at radius 3 is 3.00 bits per heavy atom. The molecule has 1 nitrogen and oxygen atoms in total. The Kier molecular flexibility index (Phi) is 3.71. The molecule has 82 valence electrons. The van der Waals surface area contributed by atoms with Crippen molar-refractivity contribution >= 4 is 11.8 Å². The van der Waals surface area contributed by atoms with Gasteiger partial charge in [0.2, 0.25) is 0 Å². The quantitative estimate of drug-likeness (QED) is 0.845. The molecule has 1 aliphatic rings. The molecule has 0 aromatic heterocycles. The predicted octanol–water partition coefficient (Wildman–Crippen LogP) is 3.22. The van der Waals surface area contributed by atoms with Gasteiger partial charge in [-0.25, -0.2) is 0 Å². The van der Waals surface area contributed by atoms with E-state index in [4.69, 9.17) is 5.73 Å². The smallest absolute Gasteiger partial charge is 0.0150 e. The molecule has 2 unspecified atom stereocenters. The van der Waals surface area contributed by atoms with Crippen LogP contribution in [0.15, 0.2) is 29.2 Å². The summed E-state index contributed by atoms with van der Waals surface area (Å²) >= 11 is 2.01. The lowest BCUT2D eigenvalue weighted by atomic mass is 10.0. The molecule has 1 heterocycles. The Bertz CT molecular complexity index is 299. The summed E-state index contributed by atoms with van der Waals surface area (Å²) < 4.78 is 0. The summed E-state index contributed by atoms with van der Waals surface area (Å²) in [6.45, 7) is 2.20. The van der Waals surface area contributed by atoms with E-state index < -0.39 is 0 Å². The van der Waals surface area contributed by atoms with Crippen molar-refractivity contribution in [2.75, 3.05) is 0 Å². The minimum atomic E-state index is 0.391. The molecule has 15 heavy (non-hydrogen) atoms. The van der Waals surface area contributed by atoms with Crippen LogP contribution < -0.4 is 5.73 Å². The number of rotatable bonds is 4. The molecule has 0 radical (unpaired) electrons. The van der Waals surface area contributed by atoms with Crippen LogP contribution in [0, 0.1) is 0 Å². The lowest BCUT2D eigenvalue weighted by Gasteiger charge is -2.14. The Balaban J connectivity index is 1.90. The predicted molar refractivity (Wildman–Crippen MR) is 67.3 cm³/mol. The minimum absolute atomic E-state index is 0.391. The standard InChI is InChI=1S/C13H19NS/c1-2-5-11(14)9-12-8-10-6-3-4-7-13(10)15-12/h3-4,6-7,11-12H,2,5,8-9,14H2,1H3. The van der Waals surface area contributed by atoms with Crippen molar-refractivity contribution in [3.8, 4) is 0 Å². The van der Waals surface area contributed by atoms with Gasteiger partial charge in [-0.05, 0) is 30.9 Å². The van der Waals surface area contributed by atoms with Crippen molar-refractivity contribution in [3.63, 3.8) is 0 Å². The van der Waals surface area contributed by atoms with Crippen LogP contribution in [0.25, 0.3) is 0 Å². The first kappa shape index (κ1) is 11.0. The van der Waals surface area contributed by atoms with E-state index in [0.717, 1.165) is 12.8 Å². The number of fused-ring (bicyclic) bond motifs is 1. The van der Waals surface area contributed by atoms with E-state index in [1.54, 1.807) is 0 Å². The van der Waals surface area contributed by atoms with Gasteiger partial charge in [0, 0.05) is 16.2 Å². The zero-order valence-corrected chi connectivity index (χ0v) is 10.1. The van der Waals surface area contributed by atoms with Crippen LogP contribution in [-0.2, 0) is 6.42 Å². The summed E-state index contributed by atoms with van der Waals surface area (Å²) in [5.41, 5.74) is 7.60. The highest BCUT2D eigenvalue weighted by Gasteiger charge is 2.23. The van der Waals surface area contributed by atoms with Crippen LogP contribution in [-0.4, -0.2) is 11.3 Å². The number of hydrogen-bond acceptors (Lipinski definition) is 2. The van der Waals surface area contributed by atoms with Gasteiger partial charge in [-0.15, -0.1) is 11.8 Å². The van der Waals surface area contributed by atoms with Crippen molar-refractivity contribution < 1.29 is 0 Å². The molecule has 1 aromatic rings. The van der Waals surface area contributed by atoms with E-state index in [1.807, 2.05) is 11.8 Å². The third-order valence-electron chi connectivity index (χ3n) is 2.94. The first-order valence-electron chi connectivity index (χ1n) is 5.79. The monoisotopic (exact) mass is 221 g/mol. The molecular weight excluding hydrogens is 202 g/mol. The Morgan fingerprint density at radius 1 is 1.47 bits per heavy atom. The number of benzene rings is 1. The van der Waals surface area contributed by atoms with Gasteiger partial charge in [-0.3, -0.25) is 0 Å². The van der Waals surface area contributed by atoms with Gasteiger partial charge in [0.05, 0.1) is 0 Å². The van der Waals surface area contributed by atoms with E-state index in [2.05, 4.69) is 31.2 Å². The summed E-state index contributed by atoms with van der Waals surface area (Å²) in [7, 11) is 0. The Hall–Kier alpha value is -0.470. The van der Waals surface area contributed by atoms with E-state index >= 15 is 0 Å². The first-order chi connectivity index (χ1) is 7.29. The molecule has 2 rings (SSSR count). The molecule has 2 heteroatoms. The molecule has 0 saturated heterocycles. The van der Waals surface area contributed by atoms with Crippen molar-refractivity contribution in [3.05, 3.63) is 29.8 Å². The summed E-state index contributed by atoms with van der Waals surface area (Å²) in [6.07, 6.45) is 4.73. The second kappa shape index (κ2) is 5.04. The van der Waals surface area contributed by atoms with Gasteiger partial charge in [-0.1, -0.05) is 31.5 Å². The normalized spacial score (nSPS) is 21.3. The lowest BCUT2D eigenvalue weighted by molar-refractivity contribution is 0.550. The topological polar surface area (TPSA) is 26.0 Å². The molecule has 2 N–H and O–H groups in total. The largest absolute Gasteiger partial charge is 0.328 e. The number of thioether (sulfide) groups is 1. The van der Waals surface area contributed by atoms with Crippen LogP contribution >= 0.6 is 11.8 Å². The highest BCUT2D eigenvalue weighted by molar-refractivity contribution is 8.00. The van der Waals surface area contributed by atoms with Crippen LogP contribution in [0.3, 0.4) is 0 Å². The van der Waals surface area contributed by atoms with Gasteiger partial charge >= 0.3 is 0 Å². The van der Waals surface area contributed by atoms with E-state index in [1.165, 1.54) is 23.3 Å². The van der Waals surface area contributed by atoms with Crippen molar-refractivity contribution in [2.45, 2.75) is 48.8 Å². The van der Waals surface area contributed by atoms with E-state index in [-0.39, 0.29) is 0 Å². The molecule has 1 aliphatic heterocycles. The summed E-state index contributed by atoms with van der Waals surface area (Å²) in [6, 6.07) is 9.12. The Labute approximate surface area is 96.4 Å². The third kappa shape index (κ3) is 2.76. The highest BCUT2D eigenvalue weighted by atomic mass is 32.2. The zero-order valence-electron chi connectivity index (χ0n) is 9.28. The van der Waals surface area contributed by atoms with Gasteiger partial charge < -0.3 is 5.73 Å². The maximum Gasteiger partial charge on any atom is 0.0150 e. The second-order valence-corrected chi connectivity index (χ2v) is 5.68. The zero-order chi connectivity index (χ0) is 10.7. The molecule has 2 atom stereocenters.